The van der Waals surface area contributed by atoms with E-state index in [1.165, 1.54) is 0 Å². The second-order valence-electron chi connectivity index (χ2n) is 10.9. The summed E-state index contributed by atoms with van der Waals surface area (Å²) < 4.78 is 0. The summed E-state index contributed by atoms with van der Waals surface area (Å²) >= 11 is 0. The number of aryl methyl sites for hydroxylation is 1. The van der Waals surface area contributed by atoms with Crippen molar-refractivity contribution in [3.63, 3.8) is 0 Å². The van der Waals surface area contributed by atoms with Crippen LogP contribution in [0.2, 0.25) is 0 Å². The van der Waals surface area contributed by atoms with Crippen molar-refractivity contribution in [2.75, 3.05) is 44.6 Å². The SMILES string of the molecule is Cc1cccc(/C(N)=C(\c2ccc3ncc(NCCN4CCN(C(C)C)CC4)cc3n2)N(N)Cc2ccccc2)n1. The number of fused-ring (bicyclic) bond motifs is 1. The van der Waals surface area contributed by atoms with Gasteiger partial charge < -0.3 is 16.1 Å². The smallest absolute Gasteiger partial charge is 0.103 e. The van der Waals surface area contributed by atoms with E-state index in [0.29, 0.717) is 35.4 Å². The summed E-state index contributed by atoms with van der Waals surface area (Å²) in [6, 6.07) is 22.4. The molecule has 41 heavy (non-hydrogen) atoms. The third-order valence-corrected chi connectivity index (χ3v) is 7.58. The Hall–Kier alpha value is -4.05. The molecule has 1 saturated heterocycles. The topological polar surface area (TPSA) is 112 Å². The first kappa shape index (κ1) is 28.5. The van der Waals surface area contributed by atoms with Crippen molar-refractivity contribution >= 4 is 28.1 Å². The van der Waals surface area contributed by atoms with Gasteiger partial charge in [-0.05, 0) is 56.7 Å². The van der Waals surface area contributed by atoms with E-state index in [1.807, 2.05) is 79.9 Å². The van der Waals surface area contributed by atoms with E-state index in [4.69, 9.17) is 16.6 Å². The molecule has 1 aliphatic heterocycles. The van der Waals surface area contributed by atoms with E-state index < -0.39 is 0 Å². The van der Waals surface area contributed by atoms with Crippen LogP contribution in [-0.4, -0.2) is 75.1 Å². The summed E-state index contributed by atoms with van der Waals surface area (Å²) in [7, 11) is 0. The lowest BCUT2D eigenvalue weighted by atomic mass is 10.1. The van der Waals surface area contributed by atoms with Crippen molar-refractivity contribution in [3.05, 3.63) is 95.6 Å². The Morgan fingerprint density at radius 3 is 2.44 bits per heavy atom. The molecule has 9 heteroatoms. The zero-order chi connectivity index (χ0) is 28.8. The van der Waals surface area contributed by atoms with Crippen molar-refractivity contribution < 1.29 is 0 Å². The first-order valence-electron chi connectivity index (χ1n) is 14.3. The number of nitrogens with two attached hydrogens (primary N) is 2. The molecule has 9 nitrogen and oxygen atoms in total. The van der Waals surface area contributed by atoms with Crippen LogP contribution in [0.25, 0.3) is 22.4 Å². The third kappa shape index (κ3) is 7.18. The predicted octanol–water partition coefficient (Wildman–Crippen LogP) is 3.93. The third-order valence-electron chi connectivity index (χ3n) is 7.58. The number of pyridine rings is 3. The fraction of sp³-hybridized carbons (Fsp3) is 0.344. The molecule has 1 aliphatic rings. The van der Waals surface area contributed by atoms with Gasteiger partial charge in [0.25, 0.3) is 0 Å². The van der Waals surface area contributed by atoms with Crippen LogP contribution in [0.3, 0.4) is 0 Å². The van der Waals surface area contributed by atoms with Gasteiger partial charge in [0.1, 0.15) is 5.70 Å². The van der Waals surface area contributed by atoms with Gasteiger partial charge in [-0.25, -0.2) is 10.8 Å². The minimum Gasteiger partial charge on any atom is -0.395 e. The average Bonchev–Trinajstić information content (AvgIpc) is 2.98. The molecule has 0 saturated carbocycles. The van der Waals surface area contributed by atoms with E-state index in [-0.39, 0.29) is 0 Å². The van der Waals surface area contributed by atoms with Crippen LogP contribution < -0.4 is 16.9 Å². The van der Waals surface area contributed by atoms with Crippen LogP contribution in [0.4, 0.5) is 5.69 Å². The van der Waals surface area contributed by atoms with Gasteiger partial charge in [0.05, 0.1) is 46.5 Å². The highest BCUT2D eigenvalue weighted by Gasteiger charge is 2.19. The maximum Gasteiger partial charge on any atom is 0.103 e. The molecular formula is C32H41N9. The summed E-state index contributed by atoms with van der Waals surface area (Å²) in [5.41, 5.74) is 13.6. The predicted molar refractivity (Wildman–Crippen MR) is 167 cm³/mol. The van der Waals surface area contributed by atoms with E-state index >= 15 is 0 Å². The van der Waals surface area contributed by atoms with Crippen molar-refractivity contribution in [2.24, 2.45) is 11.6 Å². The normalized spacial score (nSPS) is 15.2. The van der Waals surface area contributed by atoms with E-state index in [2.05, 4.69) is 38.9 Å². The second-order valence-corrected chi connectivity index (χ2v) is 10.9. The van der Waals surface area contributed by atoms with Crippen molar-refractivity contribution in [2.45, 2.75) is 33.4 Å². The van der Waals surface area contributed by atoms with Gasteiger partial charge >= 0.3 is 0 Å². The Labute approximate surface area is 242 Å². The maximum absolute atomic E-state index is 6.75. The monoisotopic (exact) mass is 551 g/mol. The molecule has 1 fully saturated rings. The molecule has 3 aromatic heterocycles. The van der Waals surface area contributed by atoms with Gasteiger partial charge in [0, 0.05) is 51.0 Å². The van der Waals surface area contributed by atoms with Gasteiger partial charge in [-0.15, -0.1) is 0 Å². The highest BCUT2D eigenvalue weighted by molar-refractivity contribution is 5.88. The quantitative estimate of drug-likeness (QED) is 0.199. The van der Waals surface area contributed by atoms with E-state index in [1.54, 1.807) is 5.01 Å². The molecule has 0 aliphatic carbocycles. The Bertz CT molecular complexity index is 1480. The van der Waals surface area contributed by atoms with Gasteiger partial charge in [-0.2, -0.15) is 0 Å². The average molecular weight is 552 g/mol. The van der Waals surface area contributed by atoms with Crippen LogP contribution in [0.15, 0.2) is 72.9 Å². The highest BCUT2D eigenvalue weighted by Crippen LogP contribution is 2.26. The standard InChI is InChI=1S/C32H41N9/c1-23(2)40-18-16-39(17-19-40)15-14-35-26-20-30-27(36-21-26)12-13-29(38-30)32(31(33)28-11-7-8-24(3)37-28)41(34)22-25-9-5-4-6-10-25/h4-13,20-21,23,35H,14-19,22,33-34H2,1-3H3/b32-31-. The molecule has 0 unspecified atom stereocenters. The minimum absolute atomic E-state index is 0.466. The molecule has 5 N–H and O–H groups in total. The van der Waals surface area contributed by atoms with Crippen LogP contribution in [0, 0.1) is 6.92 Å². The van der Waals surface area contributed by atoms with Crippen molar-refractivity contribution in [3.8, 4) is 0 Å². The van der Waals surface area contributed by atoms with Crippen LogP contribution in [-0.2, 0) is 6.54 Å². The summed E-state index contributed by atoms with van der Waals surface area (Å²) in [6.45, 7) is 13.2. The van der Waals surface area contributed by atoms with Crippen molar-refractivity contribution in [1.82, 2.24) is 29.8 Å². The lowest BCUT2D eigenvalue weighted by Crippen LogP contribution is -2.49. The zero-order valence-corrected chi connectivity index (χ0v) is 24.3. The van der Waals surface area contributed by atoms with Gasteiger partial charge in [-0.1, -0.05) is 36.4 Å². The molecule has 1 aromatic carbocycles. The Morgan fingerprint density at radius 2 is 1.71 bits per heavy atom. The number of rotatable bonds is 10. The highest BCUT2D eigenvalue weighted by atomic mass is 15.4. The fourth-order valence-electron chi connectivity index (χ4n) is 5.21. The first-order valence-corrected chi connectivity index (χ1v) is 14.3. The maximum atomic E-state index is 6.75. The Morgan fingerprint density at radius 1 is 0.927 bits per heavy atom. The fourth-order valence-corrected chi connectivity index (χ4v) is 5.21. The molecule has 4 aromatic rings. The second kappa shape index (κ2) is 13.1. The zero-order valence-electron chi connectivity index (χ0n) is 24.3. The van der Waals surface area contributed by atoms with Gasteiger partial charge in [0.15, 0.2) is 0 Å². The number of nitrogens with zero attached hydrogens (tertiary/aromatic N) is 6. The van der Waals surface area contributed by atoms with E-state index in [0.717, 1.165) is 67.2 Å². The van der Waals surface area contributed by atoms with Crippen LogP contribution in [0.5, 0.6) is 0 Å². The number of aromatic nitrogens is 3. The van der Waals surface area contributed by atoms with Crippen molar-refractivity contribution in [1.29, 1.82) is 0 Å². The summed E-state index contributed by atoms with van der Waals surface area (Å²) in [5.74, 6) is 6.69. The number of hydrazine groups is 1. The number of hydrogen-bond donors (Lipinski definition) is 3. The number of benzene rings is 1. The molecule has 0 bridgehead atoms. The summed E-state index contributed by atoms with van der Waals surface area (Å²) in [5, 5.41) is 5.19. The Balaban J connectivity index is 1.37. The number of hydrogen-bond acceptors (Lipinski definition) is 9. The number of anilines is 1. The molecule has 0 radical (unpaired) electrons. The lowest BCUT2D eigenvalue weighted by Gasteiger charge is -2.36. The van der Waals surface area contributed by atoms with Gasteiger partial charge in [-0.3, -0.25) is 19.8 Å². The van der Waals surface area contributed by atoms with Crippen LogP contribution >= 0.6 is 0 Å². The van der Waals surface area contributed by atoms with Gasteiger partial charge in [0.2, 0.25) is 0 Å². The van der Waals surface area contributed by atoms with Crippen LogP contribution in [0.1, 0.15) is 36.5 Å². The molecular weight excluding hydrogens is 510 g/mol. The molecule has 214 valence electrons. The molecule has 0 atom stereocenters. The molecule has 5 rings (SSSR count). The molecule has 0 amide bonds. The first-order chi connectivity index (χ1) is 19.9. The largest absolute Gasteiger partial charge is 0.395 e. The van der Waals surface area contributed by atoms with E-state index in [9.17, 15) is 0 Å². The lowest BCUT2D eigenvalue weighted by molar-refractivity contribution is 0.111. The summed E-state index contributed by atoms with van der Waals surface area (Å²) in [6.07, 6.45) is 1.87. The number of nitrogens with one attached hydrogen (secondary N) is 1. The minimum atomic E-state index is 0.466. The molecule has 4 heterocycles. The molecule has 0 spiro atoms. The number of piperazine rings is 1. The Kier molecular flexibility index (Phi) is 9.08. The summed E-state index contributed by atoms with van der Waals surface area (Å²) in [4.78, 5) is 19.3.